The highest BCUT2D eigenvalue weighted by Gasteiger charge is 2.04. The monoisotopic (exact) mass is 261 g/mol. The van der Waals surface area contributed by atoms with E-state index in [0.717, 1.165) is 31.7 Å². The molecule has 0 radical (unpaired) electrons. The minimum absolute atomic E-state index is 0.665. The van der Waals surface area contributed by atoms with E-state index < -0.39 is 0 Å². The van der Waals surface area contributed by atoms with E-state index in [0.29, 0.717) is 13.2 Å². The number of terminal acetylenes is 1. The van der Waals surface area contributed by atoms with Gasteiger partial charge in [-0.25, -0.2) is 0 Å². The van der Waals surface area contributed by atoms with Crippen LogP contribution in [-0.2, 0) is 11.3 Å². The van der Waals surface area contributed by atoms with Gasteiger partial charge in [0, 0.05) is 32.2 Å². The minimum atomic E-state index is 0.665. The quantitative estimate of drug-likeness (QED) is 0.547. The largest absolute Gasteiger partial charge is 0.493 e. The lowest BCUT2D eigenvalue weighted by molar-refractivity contribution is 0.199. The molecule has 0 heterocycles. The van der Waals surface area contributed by atoms with Crippen LogP contribution in [0.2, 0.25) is 0 Å². The second-order valence-electron chi connectivity index (χ2n) is 4.44. The van der Waals surface area contributed by atoms with Crippen LogP contribution in [0.3, 0.4) is 0 Å². The van der Waals surface area contributed by atoms with Crippen LogP contribution < -0.4 is 10.1 Å². The Morgan fingerprint density at radius 3 is 2.89 bits per heavy atom. The maximum absolute atomic E-state index is 5.78. The van der Waals surface area contributed by atoms with Crippen LogP contribution in [0, 0.1) is 19.3 Å². The lowest BCUT2D eigenvalue weighted by Gasteiger charge is -2.13. The third kappa shape index (κ3) is 6.28. The van der Waals surface area contributed by atoms with E-state index >= 15 is 0 Å². The summed E-state index contributed by atoms with van der Waals surface area (Å²) in [6.07, 6.45) is 6.87. The Hall–Kier alpha value is -1.50. The Kier molecular flexibility index (Phi) is 7.72. The van der Waals surface area contributed by atoms with Crippen molar-refractivity contribution < 1.29 is 9.47 Å². The smallest absolute Gasteiger partial charge is 0.123 e. The third-order valence-corrected chi connectivity index (χ3v) is 2.74. The molecule has 0 saturated carbocycles. The molecule has 0 bridgehead atoms. The zero-order valence-corrected chi connectivity index (χ0v) is 11.9. The number of aryl methyl sites for hydroxylation is 1. The molecule has 0 amide bonds. The average molecular weight is 261 g/mol. The fourth-order valence-corrected chi connectivity index (χ4v) is 1.74. The van der Waals surface area contributed by atoms with Crippen molar-refractivity contribution in [1.82, 2.24) is 5.32 Å². The molecular formula is C16H23NO2. The van der Waals surface area contributed by atoms with Crippen LogP contribution in [0.1, 0.15) is 24.0 Å². The number of ether oxygens (including phenoxy) is 2. The molecule has 0 unspecified atom stereocenters. The van der Waals surface area contributed by atoms with Gasteiger partial charge in [-0.1, -0.05) is 17.7 Å². The zero-order valence-electron chi connectivity index (χ0n) is 11.9. The first kappa shape index (κ1) is 15.6. The molecule has 1 N–H and O–H groups in total. The molecule has 0 atom stereocenters. The summed E-state index contributed by atoms with van der Waals surface area (Å²) < 4.78 is 10.8. The molecule has 3 nitrogen and oxygen atoms in total. The molecule has 0 aliphatic rings. The van der Waals surface area contributed by atoms with E-state index in [-0.39, 0.29) is 0 Å². The molecule has 1 rings (SSSR count). The number of benzene rings is 1. The third-order valence-electron chi connectivity index (χ3n) is 2.74. The summed E-state index contributed by atoms with van der Waals surface area (Å²) in [5.74, 6) is 3.56. The highest BCUT2D eigenvalue weighted by molar-refractivity contribution is 5.36. The van der Waals surface area contributed by atoms with E-state index in [1.54, 1.807) is 7.11 Å². The molecule has 0 fully saturated rings. The van der Waals surface area contributed by atoms with Crippen molar-refractivity contribution in [2.75, 3.05) is 26.9 Å². The van der Waals surface area contributed by atoms with Gasteiger partial charge in [-0.05, 0) is 19.4 Å². The molecule has 0 aliphatic heterocycles. The first-order chi connectivity index (χ1) is 9.27. The standard InChI is InChI=1S/C16H23NO2/c1-4-5-6-10-19-16-8-7-14(2)12-15(16)13-17-9-11-18-3/h1,7-8,12,17H,5-6,9-11,13H2,2-3H3. The molecule has 0 aliphatic carbocycles. The molecule has 0 saturated heterocycles. The average Bonchev–Trinajstić information content (AvgIpc) is 2.41. The second kappa shape index (κ2) is 9.43. The van der Waals surface area contributed by atoms with Crippen LogP contribution >= 0.6 is 0 Å². The van der Waals surface area contributed by atoms with Gasteiger partial charge in [-0.2, -0.15) is 0 Å². The molecule has 104 valence electrons. The van der Waals surface area contributed by atoms with Crippen molar-refractivity contribution in [3.8, 4) is 18.1 Å². The Balaban J connectivity index is 2.51. The fourth-order valence-electron chi connectivity index (χ4n) is 1.74. The molecular weight excluding hydrogens is 238 g/mol. The van der Waals surface area contributed by atoms with Gasteiger partial charge in [0.15, 0.2) is 0 Å². The Morgan fingerprint density at radius 1 is 1.32 bits per heavy atom. The number of nitrogens with one attached hydrogen (secondary N) is 1. The second-order valence-corrected chi connectivity index (χ2v) is 4.44. The van der Waals surface area contributed by atoms with Gasteiger partial charge in [0.2, 0.25) is 0 Å². The normalized spacial score (nSPS) is 10.2. The summed E-state index contributed by atoms with van der Waals surface area (Å²) in [4.78, 5) is 0. The van der Waals surface area contributed by atoms with Crippen LogP contribution in [-0.4, -0.2) is 26.9 Å². The van der Waals surface area contributed by atoms with Crippen LogP contribution in [0.4, 0.5) is 0 Å². The predicted molar refractivity (Wildman–Crippen MR) is 78.3 cm³/mol. The highest BCUT2D eigenvalue weighted by Crippen LogP contribution is 2.20. The van der Waals surface area contributed by atoms with Crippen LogP contribution in [0.5, 0.6) is 5.75 Å². The van der Waals surface area contributed by atoms with Crippen molar-refractivity contribution >= 4 is 0 Å². The topological polar surface area (TPSA) is 30.5 Å². The molecule has 1 aromatic rings. The summed E-state index contributed by atoms with van der Waals surface area (Å²) in [6.45, 7) is 5.08. The Morgan fingerprint density at radius 2 is 2.16 bits per heavy atom. The Bertz CT molecular complexity index is 410. The van der Waals surface area contributed by atoms with Gasteiger partial charge >= 0.3 is 0 Å². The number of hydrogen-bond donors (Lipinski definition) is 1. The maximum Gasteiger partial charge on any atom is 0.123 e. The summed E-state index contributed by atoms with van der Waals surface area (Å²) >= 11 is 0. The first-order valence-electron chi connectivity index (χ1n) is 6.63. The number of rotatable bonds is 9. The fraction of sp³-hybridized carbons (Fsp3) is 0.500. The van der Waals surface area contributed by atoms with Crippen LogP contribution in [0.25, 0.3) is 0 Å². The lowest BCUT2D eigenvalue weighted by Crippen LogP contribution is -2.19. The summed E-state index contributed by atoms with van der Waals surface area (Å²) in [7, 11) is 1.70. The summed E-state index contributed by atoms with van der Waals surface area (Å²) in [5, 5.41) is 3.33. The zero-order chi connectivity index (χ0) is 13.9. The van der Waals surface area contributed by atoms with Gasteiger partial charge in [0.1, 0.15) is 5.75 Å². The predicted octanol–water partition coefficient (Wildman–Crippen LogP) is 2.52. The van der Waals surface area contributed by atoms with Crippen LogP contribution in [0.15, 0.2) is 18.2 Å². The number of methoxy groups -OCH3 is 1. The van der Waals surface area contributed by atoms with E-state index in [4.69, 9.17) is 15.9 Å². The van der Waals surface area contributed by atoms with Crippen molar-refractivity contribution in [3.63, 3.8) is 0 Å². The SMILES string of the molecule is C#CCCCOc1ccc(C)cc1CNCCOC. The molecule has 0 spiro atoms. The number of hydrogen-bond acceptors (Lipinski definition) is 3. The maximum atomic E-state index is 5.78. The molecule has 1 aromatic carbocycles. The van der Waals surface area contributed by atoms with E-state index in [2.05, 4.69) is 30.3 Å². The van der Waals surface area contributed by atoms with E-state index in [9.17, 15) is 0 Å². The van der Waals surface area contributed by atoms with Crippen molar-refractivity contribution in [2.24, 2.45) is 0 Å². The first-order valence-corrected chi connectivity index (χ1v) is 6.63. The van der Waals surface area contributed by atoms with Gasteiger partial charge in [0.05, 0.1) is 13.2 Å². The lowest BCUT2D eigenvalue weighted by atomic mass is 10.1. The molecule has 19 heavy (non-hydrogen) atoms. The van der Waals surface area contributed by atoms with Crippen molar-refractivity contribution in [2.45, 2.75) is 26.3 Å². The van der Waals surface area contributed by atoms with E-state index in [1.165, 1.54) is 11.1 Å². The van der Waals surface area contributed by atoms with Crippen molar-refractivity contribution in [3.05, 3.63) is 29.3 Å². The van der Waals surface area contributed by atoms with Crippen molar-refractivity contribution in [1.29, 1.82) is 0 Å². The minimum Gasteiger partial charge on any atom is -0.493 e. The van der Waals surface area contributed by atoms with Gasteiger partial charge in [-0.15, -0.1) is 12.3 Å². The molecule has 3 heteroatoms. The summed E-state index contributed by atoms with van der Waals surface area (Å²) in [5.41, 5.74) is 2.41. The number of unbranched alkanes of at least 4 members (excludes halogenated alkanes) is 1. The Labute approximate surface area is 116 Å². The highest BCUT2D eigenvalue weighted by atomic mass is 16.5. The van der Waals surface area contributed by atoms with Gasteiger partial charge < -0.3 is 14.8 Å². The molecule has 0 aromatic heterocycles. The van der Waals surface area contributed by atoms with E-state index in [1.807, 2.05) is 6.07 Å². The summed E-state index contributed by atoms with van der Waals surface area (Å²) in [6, 6.07) is 6.24. The van der Waals surface area contributed by atoms with Gasteiger partial charge in [0.25, 0.3) is 0 Å². The van der Waals surface area contributed by atoms with Gasteiger partial charge in [-0.3, -0.25) is 0 Å².